The Morgan fingerprint density at radius 3 is 2.69 bits per heavy atom. The van der Waals surface area contributed by atoms with Crippen LogP contribution in [-0.4, -0.2) is 43.6 Å². The van der Waals surface area contributed by atoms with Crippen LogP contribution in [0.1, 0.15) is 53.7 Å². The van der Waals surface area contributed by atoms with E-state index in [0.29, 0.717) is 23.9 Å². The summed E-state index contributed by atoms with van der Waals surface area (Å²) in [5, 5.41) is 3.20. The first-order chi connectivity index (χ1) is 14.2. The number of hydrogen-bond acceptors (Lipinski definition) is 3. The summed E-state index contributed by atoms with van der Waals surface area (Å²) in [6, 6.07) is 14.9. The fourth-order valence-corrected chi connectivity index (χ4v) is 4.15. The number of amides is 1. The molecule has 1 unspecified atom stereocenters. The van der Waals surface area contributed by atoms with Gasteiger partial charge in [0, 0.05) is 19.1 Å². The Bertz CT molecular complexity index is 818. The second kappa shape index (κ2) is 10.4. The van der Waals surface area contributed by atoms with Crippen molar-refractivity contribution >= 4 is 5.91 Å². The lowest BCUT2D eigenvalue weighted by molar-refractivity contribution is 0.0930. The number of fused-ring (bicyclic) bond motifs is 1. The SMILES string of the molecule is CCCCN1CCc2ccccc2CC1CNC(=O)c1cc(CC)ccc1OC. The molecule has 0 aromatic heterocycles. The number of nitrogens with one attached hydrogen (secondary N) is 1. The molecule has 1 heterocycles. The van der Waals surface area contributed by atoms with Gasteiger partial charge in [-0.25, -0.2) is 0 Å². The third-order valence-electron chi connectivity index (χ3n) is 5.97. The van der Waals surface area contributed by atoms with E-state index in [1.807, 2.05) is 18.2 Å². The molecule has 0 saturated heterocycles. The largest absolute Gasteiger partial charge is 0.496 e. The second-order valence-electron chi connectivity index (χ2n) is 7.86. The van der Waals surface area contributed by atoms with Crippen molar-refractivity contribution < 1.29 is 9.53 Å². The molecule has 156 valence electrons. The van der Waals surface area contributed by atoms with E-state index < -0.39 is 0 Å². The van der Waals surface area contributed by atoms with Gasteiger partial charge in [0.1, 0.15) is 5.75 Å². The van der Waals surface area contributed by atoms with Crippen molar-refractivity contribution in [2.75, 3.05) is 26.7 Å². The fourth-order valence-electron chi connectivity index (χ4n) is 4.15. The maximum absolute atomic E-state index is 13.0. The lowest BCUT2D eigenvalue weighted by Crippen LogP contribution is -2.45. The zero-order chi connectivity index (χ0) is 20.6. The van der Waals surface area contributed by atoms with Gasteiger partial charge in [-0.2, -0.15) is 0 Å². The zero-order valence-corrected chi connectivity index (χ0v) is 18.0. The molecule has 1 amide bonds. The Morgan fingerprint density at radius 2 is 1.97 bits per heavy atom. The Kier molecular flexibility index (Phi) is 7.70. The molecular formula is C25H34N2O2. The van der Waals surface area contributed by atoms with Gasteiger partial charge in [-0.05, 0) is 61.1 Å². The zero-order valence-electron chi connectivity index (χ0n) is 18.0. The molecule has 0 spiro atoms. The number of hydrogen-bond donors (Lipinski definition) is 1. The van der Waals surface area contributed by atoms with Crippen molar-refractivity contribution in [1.82, 2.24) is 10.2 Å². The molecule has 3 rings (SSSR count). The van der Waals surface area contributed by atoms with Crippen LogP contribution in [0.15, 0.2) is 42.5 Å². The molecular weight excluding hydrogens is 360 g/mol. The highest BCUT2D eigenvalue weighted by Gasteiger charge is 2.24. The predicted molar refractivity (Wildman–Crippen MR) is 119 cm³/mol. The van der Waals surface area contributed by atoms with E-state index in [2.05, 4.69) is 48.3 Å². The third kappa shape index (κ3) is 5.39. The quantitative estimate of drug-likeness (QED) is 0.727. The summed E-state index contributed by atoms with van der Waals surface area (Å²) in [6.07, 6.45) is 5.33. The van der Waals surface area contributed by atoms with E-state index in [1.165, 1.54) is 24.0 Å². The molecule has 0 bridgehead atoms. The minimum atomic E-state index is -0.0508. The Morgan fingerprint density at radius 1 is 1.17 bits per heavy atom. The predicted octanol–water partition coefficient (Wildman–Crippen LogP) is 4.26. The molecule has 1 aliphatic rings. The number of benzene rings is 2. The van der Waals surface area contributed by atoms with E-state index in [9.17, 15) is 4.79 Å². The lowest BCUT2D eigenvalue weighted by Gasteiger charge is -2.30. The van der Waals surface area contributed by atoms with Crippen LogP contribution >= 0.6 is 0 Å². The van der Waals surface area contributed by atoms with Crippen molar-refractivity contribution in [2.24, 2.45) is 0 Å². The molecule has 0 radical (unpaired) electrons. The summed E-state index contributed by atoms with van der Waals surface area (Å²) in [5.74, 6) is 0.582. The molecule has 1 atom stereocenters. The average Bonchev–Trinajstić information content (AvgIpc) is 2.94. The normalized spacial score (nSPS) is 16.7. The Labute approximate surface area is 175 Å². The van der Waals surface area contributed by atoms with Gasteiger partial charge < -0.3 is 10.1 Å². The molecule has 0 fully saturated rings. The van der Waals surface area contributed by atoms with Gasteiger partial charge in [0.05, 0.1) is 12.7 Å². The van der Waals surface area contributed by atoms with Crippen molar-refractivity contribution in [3.63, 3.8) is 0 Å². The number of carbonyl (C=O) groups excluding carboxylic acids is 1. The van der Waals surface area contributed by atoms with Crippen LogP contribution in [0.2, 0.25) is 0 Å². The molecule has 29 heavy (non-hydrogen) atoms. The molecule has 1 aliphatic heterocycles. The third-order valence-corrected chi connectivity index (χ3v) is 5.97. The molecule has 4 nitrogen and oxygen atoms in total. The highest BCUT2D eigenvalue weighted by atomic mass is 16.5. The lowest BCUT2D eigenvalue weighted by atomic mass is 10.00. The van der Waals surface area contributed by atoms with Crippen molar-refractivity contribution in [3.05, 3.63) is 64.7 Å². The van der Waals surface area contributed by atoms with E-state index in [0.717, 1.165) is 37.9 Å². The summed E-state index contributed by atoms with van der Waals surface area (Å²) in [6.45, 7) is 7.11. The molecule has 0 saturated carbocycles. The van der Waals surface area contributed by atoms with Crippen LogP contribution in [0, 0.1) is 0 Å². The van der Waals surface area contributed by atoms with E-state index in [4.69, 9.17) is 4.74 Å². The topological polar surface area (TPSA) is 41.6 Å². The van der Waals surface area contributed by atoms with Gasteiger partial charge >= 0.3 is 0 Å². The number of methoxy groups -OCH3 is 1. The number of carbonyl (C=O) groups is 1. The minimum absolute atomic E-state index is 0.0508. The average molecular weight is 395 g/mol. The summed E-state index contributed by atoms with van der Waals surface area (Å²) in [4.78, 5) is 15.5. The second-order valence-corrected chi connectivity index (χ2v) is 7.86. The standard InChI is InChI=1S/C25H34N2O2/c1-4-6-14-27-15-13-20-9-7-8-10-21(20)17-22(27)18-26-25(28)23-16-19(5-2)11-12-24(23)29-3/h7-12,16,22H,4-6,13-15,17-18H2,1-3H3,(H,26,28). The first kappa shape index (κ1) is 21.4. The maximum Gasteiger partial charge on any atom is 0.255 e. The summed E-state index contributed by atoms with van der Waals surface area (Å²) in [7, 11) is 1.62. The van der Waals surface area contributed by atoms with E-state index >= 15 is 0 Å². The van der Waals surface area contributed by atoms with Crippen LogP contribution in [0.5, 0.6) is 5.75 Å². The van der Waals surface area contributed by atoms with Gasteiger partial charge in [-0.15, -0.1) is 0 Å². The molecule has 2 aromatic rings. The molecule has 1 N–H and O–H groups in total. The van der Waals surface area contributed by atoms with Gasteiger partial charge in [-0.1, -0.05) is 50.6 Å². The Hall–Kier alpha value is -2.33. The van der Waals surface area contributed by atoms with Crippen LogP contribution in [0.3, 0.4) is 0 Å². The summed E-state index contributed by atoms with van der Waals surface area (Å²) in [5.41, 5.74) is 4.63. The fraction of sp³-hybridized carbons (Fsp3) is 0.480. The van der Waals surface area contributed by atoms with Crippen molar-refractivity contribution in [1.29, 1.82) is 0 Å². The maximum atomic E-state index is 13.0. The smallest absolute Gasteiger partial charge is 0.255 e. The first-order valence-corrected chi connectivity index (χ1v) is 10.9. The molecule has 4 heteroatoms. The monoisotopic (exact) mass is 394 g/mol. The number of rotatable bonds is 8. The van der Waals surface area contributed by atoms with E-state index in [-0.39, 0.29) is 5.91 Å². The number of ether oxygens (including phenoxy) is 1. The van der Waals surface area contributed by atoms with Crippen molar-refractivity contribution in [3.8, 4) is 5.75 Å². The van der Waals surface area contributed by atoms with E-state index in [1.54, 1.807) is 7.11 Å². The Balaban J connectivity index is 1.74. The highest BCUT2D eigenvalue weighted by Crippen LogP contribution is 2.22. The van der Waals surface area contributed by atoms with Crippen LogP contribution in [-0.2, 0) is 19.3 Å². The molecule has 2 aromatic carbocycles. The van der Waals surface area contributed by atoms with Crippen LogP contribution < -0.4 is 10.1 Å². The van der Waals surface area contributed by atoms with Crippen LogP contribution in [0.25, 0.3) is 0 Å². The highest BCUT2D eigenvalue weighted by molar-refractivity contribution is 5.97. The number of nitrogens with zero attached hydrogens (tertiary/aromatic N) is 1. The number of aryl methyl sites for hydroxylation is 1. The van der Waals surface area contributed by atoms with Gasteiger partial charge in [-0.3, -0.25) is 9.69 Å². The first-order valence-electron chi connectivity index (χ1n) is 10.9. The van der Waals surface area contributed by atoms with Gasteiger partial charge in [0.15, 0.2) is 0 Å². The summed E-state index contributed by atoms with van der Waals surface area (Å²) < 4.78 is 5.43. The van der Waals surface area contributed by atoms with Gasteiger partial charge in [0.25, 0.3) is 5.91 Å². The van der Waals surface area contributed by atoms with Crippen molar-refractivity contribution in [2.45, 2.75) is 52.0 Å². The number of unbranched alkanes of at least 4 members (excludes halogenated alkanes) is 1. The minimum Gasteiger partial charge on any atom is -0.496 e. The van der Waals surface area contributed by atoms with Gasteiger partial charge in [0.2, 0.25) is 0 Å². The summed E-state index contributed by atoms with van der Waals surface area (Å²) >= 11 is 0. The molecule has 0 aliphatic carbocycles. The van der Waals surface area contributed by atoms with Crippen LogP contribution in [0.4, 0.5) is 0 Å².